The minimum atomic E-state index is -0.217. The minimum Gasteiger partial charge on any atom is -0.379 e. The van der Waals surface area contributed by atoms with Gasteiger partial charge < -0.3 is 43.4 Å². The summed E-state index contributed by atoms with van der Waals surface area (Å²) in [5.41, 5.74) is 1.48. The topological polar surface area (TPSA) is 114 Å². The summed E-state index contributed by atoms with van der Waals surface area (Å²) in [4.78, 5) is 26.5. The fourth-order valence-corrected chi connectivity index (χ4v) is 10.2. The van der Waals surface area contributed by atoms with Crippen molar-refractivity contribution in [1.29, 1.82) is 0 Å². The van der Waals surface area contributed by atoms with Gasteiger partial charge in [-0.05, 0) is 76.4 Å². The van der Waals surface area contributed by atoms with Crippen LogP contribution in [0.25, 0.3) is 32.3 Å². The lowest BCUT2D eigenvalue weighted by molar-refractivity contribution is -0.137. The number of carbonyl (C=O) groups excluding carboxylic acids is 2. The Kier molecular flexibility index (Phi) is 38.9. The number of nitrogens with one attached hydrogen (secondary N) is 1. The molecular weight excluding hydrogens is 965 g/mol. The van der Waals surface area contributed by atoms with Crippen LogP contribution in [0.3, 0.4) is 0 Å². The number of nitrogens with zero attached hydrogens (tertiary/aromatic N) is 1. The fourth-order valence-electron chi connectivity index (χ4n) is 10.2. The minimum absolute atomic E-state index is 0.0101. The van der Waals surface area contributed by atoms with E-state index >= 15 is 0 Å². The maximum absolute atomic E-state index is 12.5. The molecule has 1 unspecified atom stereocenters. The predicted molar refractivity (Wildman–Crippen MR) is 320 cm³/mol. The number of unbranched alkanes of at least 4 members (excludes halogenated alkanes) is 23. The molecule has 77 heavy (non-hydrogen) atoms. The maximum Gasteiger partial charge on any atom is 0.248 e. The molecule has 11 heteroatoms. The Labute approximate surface area is 467 Å². The Morgan fingerprint density at radius 1 is 0.429 bits per heavy atom. The molecule has 1 atom stereocenters. The highest BCUT2D eigenvalue weighted by atomic mass is 16.6. The average Bonchev–Trinajstić information content (AvgIpc) is 3.54. The van der Waals surface area contributed by atoms with E-state index in [1.54, 1.807) is 0 Å². The quantitative estimate of drug-likeness (QED) is 0.0341. The number of ether oxygens (including phenoxy) is 7. The van der Waals surface area contributed by atoms with Gasteiger partial charge in [0.05, 0.1) is 59.5 Å². The van der Waals surface area contributed by atoms with Gasteiger partial charge in [-0.2, -0.15) is 0 Å². The van der Waals surface area contributed by atoms with Crippen molar-refractivity contribution in [1.82, 2.24) is 10.2 Å². The molecule has 436 valence electrons. The molecule has 0 spiro atoms. The largest absolute Gasteiger partial charge is 0.379 e. The normalized spacial score (nSPS) is 12.2. The molecule has 1 N–H and O–H groups in total. The molecule has 4 rings (SSSR count). The van der Waals surface area contributed by atoms with E-state index in [0.29, 0.717) is 52.8 Å². The Morgan fingerprint density at radius 2 is 0.883 bits per heavy atom. The Morgan fingerprint density at radius 3 is 1.48 bits per heavy atom. The zero-order valence-corrected chi connectivity index (χ0v) is 49.0. The third-order valence-electron chi connectivity index (χ3n) is 14.9. The summed E-state index contributed by atoms with van der Waals surface area (Å²) in [5, 5.41) is 11.1. The monoisotopic (exact) mass is 1070 g/mol. The molecule has 4 aromatic rings. The van der Waals surface area contributed by atoms with Gasteiger partial charge in [-0.25, -0.2) is 0 Å². The second kappa shape index (κ2) is 45.3. The second-order valence-corrected chi connectivity index (χ2v) is 21.5. The van der Waals surface area contributed by atoms with Crippen molar-refractivity contribution < 1.29 is 42.7 Å². The van der Waals surface area contributed by atoms with Crippen molar-refractivity contribution in [3.05, 3.63) is 60.2 Å². The van der Waals surface area contributed by atoms with Gasteiger partial charge in [0.2, 0.25) is 11.8 Å². The zero-order valence-electron chi connectivity index (χ0n) is 49.0. The summed E-state index contributed by atoms with van der Waals surface area (Å²) in [6.45, 7) is 13.7. The van der Waals surface area contributed by atoms with Crippen molar-refractivity contribution in [2.24, 2.45) is 0 Å². The molecule has 0 saturated carbocycles. The highest BCUT2D eigenvalue weighted by molar-refractivity contribution is 6.23. The molecule has 0 radical (unpaired) electrons. The van der Waals surface area contributed by atoms with Gasteiger partial charge in [-0.1, -0.05) is 217 Å². The second-order valence-electron chi connectivity index (χ2n) is 21.5. The van der Waals surface area contributed by atoms with Crippen LogP contribution >= 0.6 is 0 Å². The van der Waals surface area contributed by atoms with Gasteiger partial charge in [0.15, 0.2) is 0 Å². The van der Waals surface area contributed by atoms with E-state index in [2.05, 4.69) is 80.7 Å². The van der Waals surface area contributed by atoms with Gasteiger partial charge in [-0.15, -0.1) is 0 Å². The number of carbonyl (C=O) groups is 2. The number of hydrogen-bond acceptors (Lipinski definition) is 9. The highest BCUT2D eigenvalue weighted by Crippen LogP contribution is 2.36. The Balaban J connectivity index is 0.999. The average molecular weight is 1070 g/mol. The van der Waals surface area contributed by atoms with Crippen LogP contribution in [0.1, 0.15) is 200 Å². The molecule has 0 aliphatic carbocycles. The van der Waals surface area contributed by atoms with E-state index in [1.807, 2.05) is 4.90 Å². The lowest BCUT2D eigenvalue weighted by atomic mass is 9.90. The number of benzene rings is 4. The van der Waals surface area contributed by atoms with Gasteiger partial charge >= 0.3 is 0 Å². The molecule has 4 aromatic carbocycles. The van der Waals surface area contributed by atoms with E-state index in [1.165, 1.54) is 173 Å². The third kappa shape index (κ3) is 30.1. The van der Waals surface area contributed by atoms with Crippen LogP contribution in [0.4, 0.5) is 0 Å². The van der Waals surface area contributed by atoms with Crippen LogP contribution in [0.5, 0.6) is 0 Å². The fraction of sp³-hybridized carbons (Fsp3) is 0.727. The van der Waals surface area contributed by atoms with Gasteiger partial charge in [0.1, 0.15) is 19.3 Å². The van der Waals surface area contributed by atoms with E-state index in [-0.39, 0.29) is 44.3 Å². The first-order valence-electron chi connectivity index (χ1n) is 31.3. The lowest BCUT2D eigenvalue weighted by Gasteiger charge is -2.22. The van der Waals surface area contributed by atoms with Crippen molar-refractivity contribution >= 4 is 44.1 Å². The number of aryl methyl sites for hydroxylation is 1. The van der Waals surface area contributed by atoms with Crippen molar-refractivity contribution in [3.63, 3.8) is 0 Å². The van der Waals surface area contributed by atoms with Crippen LogP contribution in [0.15, 0.2) is 54.6 Å². The number of hydrogen-bond donors (Lipinski definition) is 1. The van der Waals surface area contributed by atoms with E-state index < -0.39 is 0 Å². The molecule has 0 saturated heterocycles. The highest BCUT2D eigenvalue weighted by Gasteiger charge is 2.14. The molecule has 0 aliphatic heterocycles. The zero-order chi connectivity index (χ0) is 54.5. The molecular formula is C66H108N2O9. The number of rotatable bonds is 54. The first-order valence-corrected chi connectivity index (χ1v) is 31.3. The Hall–Kier alpha value is -3.42. The smallest absolute Gasteiger partial charge is 0.248 e. The van der Waals surface area contributed by atoms with Crippen LogP contribution in [-0.2, 0) is 49.2 Å². The molecule has 2 amide bonds. The molecule has 11 nitrogen and oxygen atoms in total. The third-order valence-corrected chi connectivity index (χ3v) is 14.9. The predicted octanol–water partition coefficient (Wildman–Crippen LogP) is 15.1. The first kappa shape index (κ1) is 66.1. The summed E-state index contributed by atoms with van der Waals surface area (Å²) in [6.07, 6.45) is 35.5. The van der Waals surface area contributed by atoms with Gasteiger partial charge in [0, 0.05) is 32.8 Å². The van der Waals surface area contributed by atoms with Crippen LogP contribution in [0, 0.1) is 0 Å². The summed E-state index contributed by atoms with van der Waals surface area (Å²) < 4.78 is 40.8. The van der Waals surface area contributed by atoms with Crippen LogP contribution < -0.4 is 5.32 Å². The van der Waals surface area contributed by atoms with Crippen molar-refractivity contribution in [2.75, 3.05) is 106 Å². The first-order chi connectivity index (χ1) is 38.0. The van der Waals surface area contributed by atoms with E-state index in [0.717, 1.165) is 71.2 Å². The van der Waals surface area contributed by atoms with Gasteiger partial charge in [-0.3, -0.25) is 9.59 Å². The van der Waals surface area contributed by atoms with E-state index in [9.17, 15) is 9.59 Å². The van der Waals surface area contributed by atoms with Crippen LogP contribution in [0.2, 0.25) is 0 Å². The lowest BCUT2D eigenvalue weighted by Crippen LogP contribution is -2.36. The molecule has 0 heterocycles. The summed E-state index contributed by atoms with van der Waals surface area (Å²) in [5.74, 6) is -0.207. The van der Waals surface area contributed by atoms with Crippen LogP contribution in [-0.4, -0.2) is 128 Å². The maximum atomic E-state index is 12.5. The van der Waals surface area contributed by atoms with Gasteiger partial charge in [0.25, 0.3) is 0 Å². The van der Waals surface area contributed by atoms with E-state index in [4.69, 9.17) is 33.2 Å². The molecule has 0 fully saturated rings. The summed E-state index contributed by atoms with van der Waals surface area (Å²) >= 11 is 0. The summed E-state index contributed by atoms with van der Waals surface area (Å²) in [7, 11) is 0. The Bertz CT molecular complexity index is 2010. The molecule has 0 aliphatic rings. The number of amides is 2. The molecule has 0 bridgehead atoms. The standard InChI is InChI=1S/C66H108N2O9/c1-4-7-10-11-12-13-14-15-16-17-18-19-20-23-26-29-44-73-53-61(54-74-50-49-72-48-47-71-46-41-67-63(69)55-75-51-52-76-56-64(70)68(42-8-5-2)43-9-6-3)77-45-30-27-24-21-22-25-28-32-57-35-36-60-38-37-58-33-31-34-59-39-40-62(57)66(60)65(58)59/h31,33-40,61H,4-30,32,41-56H2,1-3H3,(H,67,69). The van der Waals surface area contributed by atoms with Crippen molar-refractivity contribution in [2.45, 2.75) is 207 Å². The molecule has 0 aromatic heterocycles. The SMILES string of the molecule is CCCCCCCCCCCCCCCCCCOCC(COCCOCCOCCNC(=O)COCCOCC(=O)N(CCCC)CCCC)OCCCCCCCCCc1ccc2ccc3cccc4ccc1c2c34. The van der Waals surface area contributed by atoms with Crippen molar-refractivity contribution in [3.8, 4) is 0 Å². The summed E-state index contributed by atoms with van der Waals surface area (Å²) in [6, 6.07) is 20.5.